The average molecular weight is 174 g/mol. The molecule has 3 rings (SSSR count). The normalized spacial score (nSPS) is 12.7. The third kappa shape index (κ3) is 0.689. The highest BCUT2D eigenvalue weighted by molar-refractivity contribution is 6.99. The van der Waals surface area contributed by atoms with E-state index < -0.39 is 0 Å². The van der Waals surface area contributed by atoms with Crippen LogP contribution in [0.5, 0.6) is 0 Å². The van der Waals surface area contributed by atoms with Crippen LogP contribution in [0.2, 0.25) is 0 Å². The van der Waals surface area contributed by atoms with Crippen LogP contribution >= 0.6 is 11.7 Å². The number of aromatic nitrogens is 2. The Morgan fingerprint density at radius 3 is 3.08 bits per heavy atom. The monoisotopic (exact) mass is 174 g/mol. The van der Waals surface area contributed by atoms with E-state index in [1.54, 1.807) is 0 Å². The molecule has 58 valence electrons. The van der Waals surface area contributed by atoms with Crippen LogP contribution in [0.25, 0.3) is 11.3 Å². The van der Waals surface area contributed by atoms with Gasteiger partial charge in [0, 0.05) is 12.0 Å². The van der Waals surface area contributed by atoms with Crippen LogP contribution in [-0.2, 0) is 6.42 Å². The zero-order chi connectivity index (χ0) is 7.97. The molecule has 2 nitrogen and oxygen atoms in total. The van der Waals surface area contributed by atoms with Crippen LogP contribution in [0.3, 0.4) is 0 Å². The van der Waals surface area contributed by atoms with Crippen LogP contribution in [-0.4, -0.2) is 8.75 Å². The minimum Gasteiger partial charge on any atom is -0.177 e. The molecule has 2 aromatic rings. The standard InChI is InChI=1S/C9H6N2S/c1-2-4-7-6(3-1)5-8-9(7)11-12-10-8/h1-4H,5H2. The van der Waals surface area contributed by atoms with Crippen molar-refractivity contribution in [2.75, 3.05) is 0 Å². The summed E-state index contributed by atoms with van der Waals surface area (Å²) in [4.78, 5) is 0. The van der Waals surface area contributed by atoms with Crippen LogP contribution in [0.4, 0.5) is 0 Å². The number of fused-ring (bicyclic) bond motifs is 3. The van der Waals surface area contributed by atoms with Gasteiger partial charge >= 0.3 is 0 Å². The van der Waals surface area contributed by atoms with Gasteiger partial charge in [-0.05, 0) is 5.56 Å². The molecule has 0 atom stereocenters. The molecule has 0 N–H and O–H groups in total. The van der Waals surface area contributed by atoms with E-state index in [1.165, 1.54) is 22.9 Å². The number of benzene rings is 1. The number of nitrogens with zero attached hydrogens (tertiary/aromatic N) is 2. The van der Waals surface area contributed by atoms with Crippen molar-refractivity contribution in [3.63, 3.8) is 0 Å². The fourth-order valence-electron chi connectivity index (χ4n) is 1.61. The maximum Gasteiger partial charge on any atom is 0.108 e. The second-order valence-corrected chi connectivity index (χ2v) is 3.42. The molecule has 1 heterocycles. The second kappa shape index (κ2) is 2.14. The topological polar surface area (TPSA) is 25.8 Å². The van der Waals surface area contributed by atoms with Crippen molar-refractivity contribution in [1.82, 2.24) is 8.75 Å². The minimum atomic E-state index is 0.960. The van der Waals surface area contributed by atoms with Gasteiger partial charge in [0.25, 0.3) is 0 Å². The van der Waals surface area contributed by atoms with E-state index in [-0.39, 0.29) is 0 Å². The first-order valence-electron chi connectivity index (χ1n) is 3.85. The Kier molecular flexibility index (Phi) is 1.12. The Balaban J connectivity index is 2.34. The lowest BCUT2D eigenvalue weighted by Gasteiger charge is -1.94. The van der Waals surface area contributed by atoms with Gasteiger partial charge in [-0.1, -0.05) is 24.3 Å². The maximum atomic E-state index is 4.27. The van der Waals surface area contributed by atoms with Gasteiger partial charge in [-0.15, -0.1) is 0 Å². The third-order valence-corrected chi connectivity index (χ3v) is 2.75. The summed E-state index contributed by atoms with van der Waals surface area (Å²) in [5, 5.41) is 0. The summed E-state index contributed by atoms with van der Waals surface area (Å²) in [6.45, 7) is 0. The first-order valence-corrected chi connectivity index (χ1v) is 4.58. The maximum absolute atomic E-state index is 4.27. The highest BCUT2D eigenvalue weighted by Crippen LogP contribution is 2.34. The molecule has 1 aromatic carbocycles. The van der Waals surface area contributed by atoms with E-state index in [4.69, 9.17) is 0 Å². The van der Waals surface area contributed by atoms with Crippen LogP contribution in [0.15, 0.2) is 24.3 Å². The van der Waals surface area contributed by atoms with Gasteiger partial charge in [0.2, 0.25) is 0 Å². The second-order valence-electron chi connectivity index (χ2n) is 2.89. The first-order chi connectivity index (χ1) is 5.95. The summed E-state index contributed by atoms with van der Waals surface area (Å²) >= 11 is 1.31. The predicted molar refractivity (Wildman–Crippen MR) is 48.2 cm³/mol. The molecule has 0 spiro atoms. The van der Waals surface area contributed by atoms with Crippen molar-refractivity contribution in [3.8, 4) is 11.3 Å². The quantitative estimate of drug-likeness (QED) is 0.521. The molecule has 0 unspecified atom stereocenters. The van der Waals surface area contributed by atoms with Gasteiger partial charge in [0.05, 0.1) is 17.4 Å². The zero-order valence-corrected chi connectivity index (χ0v) is 7.14. The highest BCUT2D eigenvalue weighted by Gasteiger charge is 2.21. The number of rotatable bonds is 0. The zero-order valence-electron chi connectivity index (χ0n) is 6.32. The first kappa shape index (κ1) is 6.31. The fraction of sp³-hybridized carbons (Fsp3) is 0.111. The molecule has 12 heavy (non-hydrogen) atoms. The SMILES string of the molecule is c1ccc2c(c1)Cc1nsnc1-2. The molecular formula is C9H6N2S. The smallest absolute Gasteiger partial charge is 0.108 e. The van der Waals surface area contributed by atoms with Crippen molar-refractivity contribution < 1.29 is 0 Å². The predicted octanol–water partition coefficient (Wildman–Crippen LogP) is 2.11. The van der Waals surface area contributed by atoms with E-state index in [0.29, 0.717) is 0 Å². The molecular weight excluding hydrogens is 168 g/mol. The molecule has 0 radical (unpaired) electrons. The van der Waals surface area contributed by atoms with E-state index in [9.17, 15) is 0 Å². The minimum absolute atomic E-state index is 0.960. The van der Waals surface area contributed by atoms with Crippen molar-refractivity contribution in [2.24, 2.45) is 0 Å². The van der Waals surface area contributed by atoms with Crippen LogP contribution < -0.4 is 0 Å². The molecule has 0 saturated carbocycles. The summed E-state index contributed by atoms with van der Waals surface area (Å²) in [5.74, 6) is 0. The van der Waals surface area contributed by atoms with Gasteiger partial charge in [-0.2, -0.15) is 8.75 Å². The lowest BCUT2D eigenvalue weighted by molar-refractivity contribution is 1.19. The molecule has 3 heteroatoms. The molecule has 0 amide bonds. The van der Waals surface area contributed by atoms with E-state index in [1.807, 2.05) is 6.07 Å². The highest BCUT2D eigenvalue weighted by atomic mass is 32.1. The number of hydrogen-bond donors (Lipinski definition) is 0. The summed E-state index contributed by atoms with van der Waals surface area (Å²) in [6.07, 6.45) is 0.960. The Labute approximate surface area is 74.2 Å². The summed E-state index contributed by atoms with van der Waals surface area (Å²) in [7, 11) is 0. The summed E-state index contributed by atoms with van der Waals surface area (Å²) in [5.41, 5.74) is 4.85. The van der Waals surface area contributed by atoms with Gasteiger partial charge in [0.15, 0.2) is 0 Å². The molecule has 1 aliphatic carbocycles. The van der Waals surface area contributed by atoms with Crippen molar-refractivity contribution in [3.05, 3.63) is 35.5 Å². The molecule has 0 bridgehead atoms. The summed E-state index contributed by atoms with van der Waals surface area (Å²) < 4.78 is 8.51. The Morgan fingerprint density at radius 1 is 1.17 bits per heavy atom. The van der Waals surface area contributed by atoms with E-state index >= 15 is 0 Å². The average Bonchev–Trinajstić information content (AvgIpc) is 2.62. The van der Waals surface area contributed by atoms with Gasteiger partial charge < -0.3 is 0 Å². The summed E-state index contributed by atoms with van der Waals surface area (Å²) in [6, 6.07) is 8.37. The molecule has 0 aliphatic heterocycles. The van der Waals surface area contributed by atoms with Crippen LogP contribution in [0.1, 0.15) is 11.3 Å². The Bertz CT molecular complexity index is 434. The van der Waals surface area contributed by atoms with Crippen LogP contribution in [0, 0.1) is 0 Å². The van der Waals surface area contributed by atoms with Crippen molar-refractivity contribution in [2.45, 2.75) is 6.42 Å². The fourth-order valence-corrected chi connectivity index (χ4v) is 2.19. The van der Waals surface area contributed by atoms with Gasteiger partial charge in [0.1, 0.15) is 5.69 Å². The van der Waals surface area contributed by atoms with Crippen molar-refractivity contribution in [1.29, 1.82) is 0 Å². The molecule has 1 aromatic heterocycles. The molecule has 1 aliphatic rings. The Hall–Kier alpha value is -1.22. The van der Waals surface area contributed by atoms with E-state index in [2.05, 4.69) is 26.9 Å². The van der Waals surface area contributed by atoms with Crippen molar-refractivity contribution >= 4 is 11.7 Å². The van der Waals surface area contributed by atoms with Gasteiger partial charge in [-0.25, -0.2) is 0 Å². The van der Waals surface area contributed by atoms with Gasteiger partial charge in [-0.3, -0.25) is 0 Å². The number of hydrogen-bond acceptors (Lipinski definition) is 3. The largest absolute Gasteiger partial charge is 0.177 e. The molecule has 0 fully saturated rings. The third-order valence-electron chi connectivity index (χ3n) is 2.19. The van der Waals surface area contributed by atoms with E-state index in [0.717, 1.165) is 17.8 Å². The Morgan fingerprint density at radius 2 is 2.08 bits per heavy atom. The lowest BCUT2D eigenvalue weighted by atomic mass is 10.1. The lowest BCUT2D eigenvalue weighted by Crippen LogP contribution is -1.79. The molecule has 0 saturated heterocycles.